The van der Waals surface area contributed by atoms with Crippen molar-refractivity contribution in [2.75, 3.05) is 21.2 Å². The monoisotopic (exact) mass is 275 g/mol. The third-order valence-corrected chi connectivity index (χ3v) is 4.60. The molecule has 1 fully saturated rings. The number of methoxy groups -OCH3 is 1. The Kier molecular flexibility index (Phi) is 4.81. The first-order valence-corrected chi connectivity index (χ1v) is 7.43. The second-order valence-corrected chi connectivity index (χ2v) is 5.90. The quantitative estimate of drug-likeness (QED) is 0.827. The highest BCUT2D eigenvalue weighted by atomic mass is 16.5. The van der Waals surface area contributed by atoms with E-state index in [1.807, 2.05) is 38.4 Å². The first-order valence-electron chi connectivity index (χ1n) is 7.43. The number of nitrogens with zero attached hydrogens (tertiary/aromatic N) is 1. The molecule has 0 amide bonds. The van der Waals surface area contributed by atoms with E-state index in [1.165, 1.54) is 6.42 Å². The average molecular weight is 275 g/mol. The SMILES string of the molecule is COc1ccccc1CC(=O)C1(N(C)C)CCCCC1. The second-order valence-electron chi connectivity index (χ2n) is 5.90. The molecule has 0 spiro atoms. The number of hydrogen-bond donors (Lipinski definition) is 0. The number of rotatable bonds is 5. The Bertz CT molecular complexity index is 462. The van der Waals surface area contributed by atoms with Crippen molar-refractivity contribution in [2.45, 2.75) is 44.1 Å². The maximum atomic E-state index is 12.9. The molecule has 0 unspecified atom stereocenters. The molecule has 1 aromatic rings. The number of carbonyl (C=O) groups excluding carboxylic acids is 1. The number of Topliss-reactive ketones (excluding diaryl/α,β-unsaturated/α-hetero) is 1. The summed E-state index contributed by atoms with van der Waals surface area (Å²) in [5.74, 6) is 1.14. The Morgan fingerprint density at radius 1 is 1.20 bits per heavy atom. The largest absolute Gasteiger partial charge is 0.496 e. The van der Waals surface area contributed by atoms with Gasteiger partial charge in [0.25, 0.3) is 0 Å². The smallest absolute Gasteiger partial charge is 0.157 e. The van der Waals surface area contributed by atoms with Gasteiger partial charge >= 0.3 is 0 Å². The molecule has 110 valence electrons. The van der Waals surface area contributed by atoms with E-state index in [1.54, 1.807) is 7.11 Å². The zero-order valence-electron chi connectivity index (χ0n) is 12.8. The summed E-state index contributed by atoms with van der Waals surface area (Å²) in [6, 6.07) is 7.82. The van der Waals surface area contributed by atoms with Crippen molar-refractivity contribution in [3.63, 3.8) is 0 Å². The third kappa shape index (κ3) is 2.88. The van der Waals surface area contributed by atoms with Gasteiger partial charge in [0.2, 0.25) is 0 Å². The molecule has 0 radical (unpaired) electrons. The van der Waals surface area contributed by atoms with Gasteiger partial charge in [-0.05, 0) is 33.0 Å². The van der Waals surface area contributed by atoms with Crippen molar-refractivity contribution in [3.05, 3.63) is 29.8 Å². The Morgan fingerprint density at radius 2 is 1.85 bits per heavy atom. The van der Waals surface area contributed by atoms with E-state index in [-0.39, 0.29) is 5.54 Å². The van der Waals surface area contributed by atoms with Crippen LogP contribution in [0.5, 0.6) is 5.75 Å². The predicted molar refractivity (Wildman–Crippen MR) is 81.2 cm³/mol. The van der Waals surface area contributed by atoms with Crippen molar-refractivity contribution < 1.29 is 9.53 Å². The fourth-order valence-corrected chi connectivity index (χ4v) is 3.30. The number of ether oxygens (including phenoxy) is 1. The lowest BCUT2D eigenvalue weighted by atomic mass is 9.76. The molecule has 1 aliphatic rings. The van der Waals surface area contributed by atoms with Gasteiger partial charge in [0.05, 0.1) is 12.6 Å². The molecule has 3 nitrogen and oxygen atoms in total. The minimum Gasteiger partial charge on any atom is -0.496 e. The number of hydrogen-bond acceptors (Lipinski definition) is 3. The van der Waals surface area contributed by atoms with Gasteiger partial charge in [-0.15, -0.1) is 0 Å². The van der Waals surface area contributed by atoms with E-state index >= 15 is 0 Å². The van der Waals surface area contributed by atoms with Crippen molar-refractivity contribution >= 4 is 5.78 Å². The molecule has 0 aromatic heterocycles. The highest BCUT2D eigenvalue weighted by Crippen LogP contribution is 2.34. The molecule has 0 atom stereocenters. The summed E-state index contributed by atoms with van der Waals surface area (Å²) in [6.45, 7) is 0. The average Bonchev–Trinajstić information content (AvgIpc) is 2.48. The van der Waals surface area contributed by atoms with Crippen LogP contribution < -0.4 is 4.74 Å². The number of likely N-dealkylation sites (N-methyl/N-ethyl adjacent to an activating group) is 1. The second kappa shape index (κ2) is 6.40. The van der Waals surface area contributed by atoms with Crippen molar-refractivity contribution in [1.82, 2.24) is 4.90 Å². The van der Waals surface area contributed by atoms with Crippen LogP contribution in [0.4, 0.5) is 0 Å². The van der Waals surface area contributed by atoms with Gasteiger partial charge in [-0.1, -0.05) is 37.5 Å². The molecule has 2 rings (SSSR count). The van der Waals surface area contributed by atoms with Crippen LogP contribution in [0, 0.1) is 0 Å². The molecular weight excluding hydrogens is 250 g/mol. The molecule has 3 heteroatoms. The van der Waals surface area contributed by atoms with Crippen LogP contribution in [0.15, 0.2) is 24.3 Å². The predicted octanol–water partition coefficient (Wildman–Crippen LogP) is 3.07. The highest BCUT2D eigenvalue weighted by Gasteiger charge is 2.40. The van der Waals surface area contributed by atoms with Gasteiger partial charge in [-0.3, -0.25) is 9.69 Å². The Hall–Kier alpha value is -1.35. The molecule has 1 aromatic carbocycles. The summed E-state index contributed by atoms with van der Waals surface area (Å²) in [7, 11) is 5.72. The van der Waals surface area contributed by atoms with E-state index in [4.69, 9.17) is 4.74 Å². The van der Waals surface area contributed by atoms with Gasteiger partial charge in [0.15, 0.2) is 5.78 Å². The third-order valence-electron chi connectivity index (χ3n) is 4.60. The minimum atomic E-state index is -0.279. The molecule has 20 heavy (non-hydrogen) atoms. The number of ketones is 1. The summed E-state index contributed by atoms with van der Waals surface area (Å²) in [5.41, 5.74) is 0.714. The van der Waals surface area contributed by atoms with Gasteiger partial charge in [-0.2, -0.15) is 0 Å². The minimum absolute atomic E-state index is 0.279. The summed E-state index contributed by atoms with van der Waals surface area (Å²) < 4.78 is 5.36. The van der Waals surface area contributed by atoms with Crippen LogP contribution in [0.1, 0.15) is 37.7 Å². The van der Waals surface area contributed by atoms with Crippen LogP contribution in [-0.4, -0.2) is 37.4 Å². The lowest BCUT2D eigenvalue weighted by molar-refractivity contribution is -0.131. The van der Waals surface area contributed by atoms with Crippen LogP contribution in [-0.2, 0) is 11.2 Å². The van der Waals surface area contributed by atoms with Crippen LogP contribution in [0.2, 0.25) is 0 Å². The normalized spacial score (nSPS) is 18.0. The van der Waals surface area contributed by atoms with Crippen molar-refractivity contribution in [1.29, 1.82) is 0 Å². The van der Waals surface area contributed by atoms with E-state index in [2.05, 4.69) is 4.90 Å². The first kappa shape index (κ1) is 15.0. The van der Waals surface area contributed by atoms with E-state index < -0.39 is 0 Å². The van der Waals surface area contributed by atoms with Gasteiger partial charge in [0, 0.05) is 12.0 Å². The highest BCUT2D eigenvalue weighted by molar-refractivity contribution is 5.90. The van der Waals surface area contributed by atoms with Crippen LogP contribution >= 0.6 is 0 Å². The van der Waals surface area contributed by atoms with Gasteiger partial charge in [-0.25, -0.2) is 0 Å². The lowest BCUT2D eigenvalue weighted by Crippen LogP contribution is -2.53. The summed E-state index contributed by atoms with van der Waals surface area (Å²) in [4.78, 5) is 15.0. The molecule has 1 aliphatic carbocycles. The molecular formula is C17H25NO2. The van der Waals surface area contributed by atoms with Gasteiger partial charge in [0.1, 0.15) is 5.75 Å². The van der Waals surface area contributed by atoms with Crippen LogP contribution in [0.3, 0.4) is 0 Å². The Morgan fingerprint density at radius 3 is 2.45 bits per heavy atom. The molecule has 0 aliphatic heterocycles. The lowest BCUT2D eigenvalue weighted by Gasteiger charge is -2.41. The zero-order valence-corrected chi connectivity index (χ0v) is 12.8. The molecule has 0 heterocycles. The maximum absolute atomic E-state index is 12.9. The zero-order chi connectivity index (χ0) is 14.6. The summed E-state index contributed by atoms with van der Waals surface area (Å²) >= 11 is 0. The fourth-order valence-electron chi connectivity index (χ4n) is 3.30. The summed E-state index contributed by atoms with van der Waals surface area (Å²) in [5, 5.41) is 0. The van der Waals surface area contributed by atoms with Crippen LogP contribution in [0.25, 0.3) is 0 Å². The Labute approximate surface area is 121 Å². The molecule has 0 bridgehead atoms. The number of para-hydroxylation sites is 1. The number of carbonyl (C=O) groups is 1. The first-order chi connectivity index (χ1) is 9.60. The van der Waals surface area contributed by atoms with E-state index in [0.29, 0.717) is 12.2 Å². The van der Waals surface area contributed by atoms with E-state index in [9.17, 15) is 4.79 Å². The van der Waals surface area contributed by atoms with Gasteiger partial charge < -0.3 is 4.74 Å². The fraction of sp³-hybridized carbons (Fsp3) is 0.588. The maximum Gasteiger partial charge on any atom is 0.157 e. The van der Waals surface area contributed by atoms with E-state index in [0.717, 1.165) is 37.0 Å². The molecule has 0 N–H and O–H groups in total. The van der Waals surface area contributed by atoms with Crippen molar-refractivity contribution in [3.8, 4) is 5.75 Å². The topological polar surface area (TPSA) is 29.5 Å². The number of benzene rings is 1. The van der Waals surface area contributed by atoms with Crippen molar-refractivity contribution in [2.24, 2.45) is 0 Å². The summed E-state index contributed by atoms with van der Waals surface area (Å²) in [6.07, 6.45) is 5.97. The molecule has 0 saturated heterocycles. The standard InChI is InChI=1S/C17H25NO2/c1-18(2)17(11-7-4-8-12-17)16(19)13-14-9-5-6-10-15(14)20-3/h5-6,9-10H,4,7-8,11-13H2,1-3H3. The Balaban J connectivity index is 2.20. The molecule has 1 saturated carbocycles.